The molecule has 118 valence electrons. The molecule has 2 unspecified atom stereocenters. The zero-order valence-corrected chi connectivity index (χ0v) is 13.5. The number of nitriles is 1. The predicted octanol–water partition coefficient (Wildman–Crippen LogP) is 2.91. The second-order valence-corrected chi connectivity index (χ2v) is 6.47. The van der Waals surface area contributed by atoms with Crippen LogP contribution in [-0.2, 0) is 4.74 Å². The number of aromatic nitrogens is 2. The Balaban J connectivity index is 1.79. The highest BCUT2D eigenvalue weighted by molar-refractivity contribution is 5.40. The predicted molar refractivity (Wildman–Crippen MR) is 84.5 cm³/mol. The Labute approximate surface area is 132 Å². The van der Waals surface area contributed by atoms with E-state index in [9.17, 15) is 0 Å². The number of anilines is 1. The number of hydrogen-bond acceptors (Lipinski definition) is 5. The van der Waals surface area contributed by atoms with Crippen LogP contribution in [0.3, 0.4) is 0 Å². The van der Waals surface area contributed by atoms with Gasteiger partial charge in [0.25, 0.3) is 0 Å². The van der Waals surface area contributed by atoms with Gasteiger partial charge in [0.05, 0.1) is 18.5 Å². The summed E-state index contributed by atoms with van der Waals surface area (Å²) in [5, 5.41) is 8.84. The lowest BCUT2D eigenvalue weighted by Gasteiger charge is -2.60. The molecule has 2 atom stereocenters. The van der Waals surface area contributed by atoms with Crippen molar-refractivity contribution in [1.82, 2.24) is 9.97 Å². The molecule has 0 radical (unpaired) electrons. The molecule has 0 aliphatic heterocycles. The molecular formula is C17H24N4O. The highest BCUT2D eigenvalue weighted by atomic mass is 16.5. The molecule has 1 aromatic rings. The molecule has 2 saturated carbocycles. The van der Waals surface area contributed by atoms with Gasteiger partial charge < -0.3 is 9.64 Å². The monoisotopic (exact) mass is 300 g/mol. The van der Waals surface area contributed by atoms with E-state index in [2.05, 4.69) is 28.8 Å². The van der Waals surface area contributed by atoms with Crippen molar-refractivity contribution in [2.24, 2.45) is 5.41 Å². The molecule has 2 aliphatic carbocycles. The Bertz CT molecular complexity index is 545. The van der Waals surface area contributed by atoms with Crippen LogP contribution >= 0.6 is 0 Å². The van der Waals surface area contributed by atoms with Gasteiger partial charge in [0.1, 0.15) is 11.9 Å². The summed E-state index contributed by atoms with van der Waals surface area (Å²) >= 11 is 0. The average molecular weight is 300 g/mol. The third kappa shape index (κ3) is 2.46. The van der Waals surface area contributed by atoms with Gasteiger partial charge in [-0.2, -0.15) is 5.26 Å². The van der Waals surface area contributed by atoms with Gasteiger partial charge in [0.2, 0.25) is 0 Å². The van der Waals surface area contributed by atoms with Crippen LogP contribution in [0.1, 0.15) is 51.1 Å². The van der Waals surface area contributed by atoms with Crippen molar-refractivity contribution in [3.63, 3.8) is 0 Å². The van der Waals surface area contributed by atoms with Gasteiger partial charge in [-0.3, -0.25) is 0 Å². The van der Waals surface area contributed by atoms with Gasteiger partial charge in [-0.05, 0) is 26.2 Å². The lowest BCUT2D eigenvalue weighted by molar-refractivity contribution is -0.141. The maximum Gasteiger partial charge on any atom is 0.158 e. The van der Waals surface area contributed by atoms with Crippen LogP contribution in [0.5, 0.6) is 0 Å². The van der Waals surface area contributed by atoms with Gasteiger partial charge in [-0.1, -0.05) is 19.3 Å². The Morgan fingerprint density at radius 2 is 2.09 bits per heavy atom. The van der Waals surface area contributed by atoms with Crippen LogP contribution in [0.2, 0.25) is 0 Å². The van der Waals surface area contributed by atoms with Crippen LogP contribution in [0.4, 0.5) is 5.82 Å². The van der Waals surface area contributed by atoms with Gasteiger partial charge in [0.15, 0.2) is 5.69 Å². The summed E-state index contributed by atoms with van der Waals surface area (Å²) < 4.78 is 6.02. The van der Waals surface area contributed by atoms with Crippen LogP contribution in [0.15, 0.2) is 12.4 Å². The minimum absolute atomic E-state index is 0.276. The molecule has 1 aromatic heterocycles. The summed E-state index contributed by atoms with van der Waals surface area (Å²) in [4.78, 5) is 10.8. The quantitative estimate of drug-likeness (QED) is 0.855. The largest absolute Gasteiger partial charge is 0.378 e. The van der Waals surface area contributed by atoms with Crippen molar-refractivity contribution >= 4 is 5.82 Å². The fourth-order valence-electron chi connectivity index (χ4n) is 4.29. The van der Waals surface area contributed by atoms with E-state index in [0.717, 1.165) is 18.8 Å². The first kappa shape index (κ1) is 15.2. The summed E-state index contributed by atoms with van der Waals surface area (Å²) in [6.07, 6.45) is 11.1. The molecule has 3 rings (SSSR count). The van der Waals surface area contributed by atoms with Crippen molar-refractivity contribution in [3.8, 4) is 6.07 Å². The lowest BCUT2D eigenvalue weighted by atomic mass is 9.54. The number of ether oxygens (including phenoxy) is 1. The minimum atomic E-state index is 0.276. The molecule has 1 spiro atoms. The summed E-state index contributed by atoms with van der Waals surface area (Å²) in [5.41, 5.74) is 0.642. The normalized spacial score (nSPS) is 26.2. The van der Waals surface area contributed by atoms with Crippen molar-refractivity contribution < 1.29 is 4.74 Å². The van der Waals surface area contributed by atoms with Gasteiger partial charge in [-0.15, -0.1) is 0 Å². The smallest absolute Gasteiger partial charge is 0.158 e. The molecule has 0 N–H and O–H groups in total. The van der Waals surface area contributed by atoms with Crippen LogP contribution in [0.25, 0.3) is 0 Å². The van der Waals surface area contributed by atoms with Crippen molar-refractivity contribution in [3.05, 3.63) is 18.1 Å². The van der Waals surface area contributed by atoms with Crippen molar-refractivity contribution in [1.29, 1.82) is 5.26 Å². The van der Waals surface area contributed by atoms with Crippen molar-refractivity contribution in [2.45, 2.75) is 57.6 Å². The maximum absolute atomic E-state index is 8.84. The molecule has 5 nitrogen and oxygen atoms in total. The molecule has 0 aromatic carbocycles. The molecular weight excluding hydrogens is 276 g/mol. The van der Waals surface area contributed by atoms with Gasteiger partial charge in [-0.25, -0.2) is 9.97 Å². The molecule has 1 heterocycles. The van der Waals surface area contributed by atoms with E-state index in [1.165, 1.54) is 32.1 Å². The van der Waals surface area contributed by atoms with E-state index in [0.29, 0.717) is 17.8 Å². The fourth-order valence-corrected chi connectivity index (χ4v) is 4.29. The highest BCUT2D eigenvalue weighted by Crippen LogP contribution is 2.55. The van der Waals surface area contributed by atoms with Crippen LogP contribution < -0.4 is 4.90 Å². The lowest BCUT2D eigenvalue weighted by Crippen LogP contribution is -2.65. The van der Waals surface area contributed by atoms with Gasteiger partial charge >= 0.3 is 0 Å². The van der Waals surface area contributed by atoms with Gasteiger partial charge in [0, 0.05) is 25.1 Å². The first-order valence-electron chi connectivity index (χ1n) is 8.28. The number of rotatable bonds is 4. The Hall–Kier alpha value is -1.67. The molecule has 0 bridgehead atoms. The number of hydrogen-bond donors (Lipinski definition) is 0. The van der Waals surface area contributed by atoms with Crippen LogP contribution in [0, 0.1) is 16.7 Å². The molecule has 0 amide bonds. The molecule has 2 fully saturated rings. The van der Waals surface area contributed by atoms with E-state index in [1.807, 2.05) is 6.07 Å². The summed E-state index contributed by atoms with van der Waals surface area (Å²) in [6.45, 7) is 2.87. The molecule has 0 saturated heterocycles. The van der Waals surface area contributed by atoms with E-state index in [-0.39, 0.29) is 5.41 Å². The third-order valence-electron chi connectivity index (χ3n) is 5.48. The molecule has 5 heteroatoms. The standard InChI is InChI=1S/C17H24N4O/c1-3-22-15-9-14(17(15)7-5-4-6-8-17)21(2)16-12-19-13(10-18)11-20-16/h11-12,14-15H,3-9H2,1-2H3. The van der Waals surface area contributed by atoms with E-state index < -0.39 is 0 Å². The minimum Gasteiger partial charge on any atom is -0.378 e. The van der Waals surface area contributed by atoms with E-state index >= 15 is 0 Å². The topological polar surface area (TPSA) is 62.0 Å². The van der Waals surface area contributed by atoms with Crippen LogP contribution in [-0.4, -0.2) is 35.8 Å². The average Bonchev–Trinajstić information content (AvgIpc) is 2.58. The second-order valence-electron chi connectivity index (χ2n) is 6.47. The first-order valence-corrected chi connectivity index (χ1v) is 8.28. The Morgan fingerprint density at radius 3 is 2.68 bits per heavy atom. The fraction of sp³-hybridized carbons (Fsp3) is 0.706. The zero-order valence-electron chi connectivity index (χ0n) is 13.5. The maximum atomic E-state index is 8.84. The van der Waals surface area contributed by atoms with E-state index in [4.69, 9.17) is 10.00 Å². The first-order chi connectivity index (χ1) is 10.7. The third-order valence-corrected chi connectivity index (χ3v) is 5.48. The molecule has 2 aliphatic rings. The second kappa shape index (κ2) is 6.21. The highest BCUT2D eigenvalue weighted by Gasteiger charge is 2.57. The Kier molecular flexibility index (Phi) is 4.30. The van der Waals surface area contributed by atoms with Crippen molar-refractivity contribution in [2.75, 3.05) is 18.6 Å². The number of nitrogens with zero attached hydrogens (tertiary/aromatic N) is 4. The SMILES string of the molecule is CCOC1CC(N(C)c2cnc(C#N)cn2)C12CCCCC2. The molecule has 22 heavy (non-hydrogen) atoms. The summed E-state index contributed by atoms with van der Waals surface area (Å²) in [5.74, 6) is 0.851. The zero-order chi connectivity index (χ0) is 15.6. The van der Waals surface area contributed by atoms with E-state index in [1.54, 1.807) is 12.4 Å². The summed E-state index contributed by atoms with van der Waals surface area (Å²) in [7, 11) is 2.10. The summed E-state index contributed by atoms with van der Waals surface area (Å²) in [6, 6.07) is 2.48. The Morgan fingerprint density at radius 1 is 1.32 bits per heavy atom.